The van der Waals surface area contributed by atoms with E-state index in [0.29, 0.717) is 6.04 Å². The monoisotopic (exact) mass is 274 g/mol. The Hall–Kier alpha value is -1.35. The van der Waals surface area contributed by atoms with Gasteiger partial charge in [0.1, 0.15) is 0 Å². The Bertz CT molecular complexity index is 442. The van der Waals surface area contributed by atoms with Crippen LogP contribution < -0.4 is 5.32 Å². The van der Waals surface area contributed by atoms with E-state index in [-0.39, 0.29) is 11.3 Å². The van der Waals surface area contributed by atoms with Crippen LogP contribution in [0.1, 0.15) is 39.2 Å². The average molecular weight is 274 g/mol. The minimum atomic E-state index is 0.0826. The molecule has 1 atom stereocenters. The highest BCUT2D eigenvalue weighted by molar-refractivity contribution is 5.73. The highest BCUT2D eigenvalue weighted by atomic mass is 16.1. The lowest BCUT2D eigenvalue weighted by atomic mass is 9.83. The number of carbonyl (C=O) groups is 1. The highest BCUT2D eigenvalue weighted by Crippen LogP contribution is 2.25. The summed E-state index contributed by atoms with van der Waals surface area (Å²) in [5, 5.41) is 3.06. The molecule has 0 bridgehead atoms. The molecule has 1 aromatic rings. The predicted molar refractivity (Wildman–Crippen MR) is 82.7 cm³/mol. The van der Waals surface area contributed by atoms with Crippen LogP contribution in [0.3, 0.4) is 0 Å². The van der Waals surface area contributed by atoms with Crippen LogP contribution in [0.2, 0.25) is 0 Å². The lowest BCUT2D eigenvalue weighted by Crippen LogP contribution is -2.50. The van der Waals surface area contributed by atoms with Gasteiger partial charge < -0.3 is 10.2 Å². The van der Waals surface area contributed by atoms with Crippen molar-refractivity contribution in [3.8, 4) is 0 Å². The minimum Gasteiger partial charge on any atom is -0.352 e. The summed E-state index contributed by atoms with van der Waals surface area (Å²) in [5.41, 5.74) is 1.51. The molecule has 110 valence electrons. The van der Waals surface area contributed by atoms with Crippen LogP contribution in [0.15, 0.2) is 30.3 Å². The molecule has 0 unspecified atom stereocenters. The van der Waals surface area contributed by atoms with Gasteiger partial charge in [0.2, 0.25) is 5.91 Å². The van der Waals surface area contributed by atoms with Crippen molar-refractivity contribution in [3.05, 3.63) is 35.9 Å². The van der Waals surface area contributed by atoms with E-state index in [9.17, 15) is 4.79 Å². The van der Waals surface area contributed by atoms with Crippen molar-refractivity contribution in [2.75, 3.05) is 19.6 Å². The fourth-order valence-corrected chi connectivity index (χ4v) is 3.14. The van der Waals surface area contributed by atoms with E-state index in [1.54, 1.807) is 6.92 Å². The molecule has 1 saturated heterocycles. The number of carbonyl (C=O) groups excluding carboxylic acids is 1. The van der Waals surface area contributed by atoms with Crippen LogP contribution in [0.5, 0.6) is 0 Å². The number of nitrogens with one attached hydrogen (secondary N) is 1. The number of benzene rings is 1. The van der Waals surface area contributed by atoms with Gasteiger partial charge in [0.15, 0.2) is 0 Å². The normalized spacial score (nSPS) is 20.6. The zero-order valence-electron chi connectivity index (χ0n) is 12.9. The molecule has 1 amide bonds. The van der Waals surface area contributed by atoms with E-state index in [1.165, 1.54) is 5.56 Å². The number of nitrogens with zero attached hydrogens (tertiary/aromatic N) is 1. The summed E-state index contributed by atoms with van der Waals surface area (Å²) in [4.78, 5) is 13.7. The molecule has 20 heavy (non-hydrogen) atoms. The van der Waals surface area contributed by atoms with Gasteiger partial charge in [-0.1, -0.05) is 44.2 Å². The first-order chi connectivity index (χ1) is 9.47. The lowest BCUT2D eigenvalue weighted by molar-refractivity contribution is -0.120. The molecule has 1 N–H and O–H groups in total. The van der Waals surface area contributed by atoms with Crippen LogP contribution in [0, 0.1) is 0 Å². The quantitative estimate of drug-likeness (QED) is 0.915. The second-order valence-corrected chi connectivity index (χ2v) is 6.52. The smallest absolute Gasteiger partial charge is 0.217 e. The molecule has 3 nitrogen and oxygen atoms in total. The Labute approximate surface area is 122 Å². The molecule has 1 heterocycles. The maximum Gasteiger partial charge on any atom is 0.217 e. The van der Waals surface area contributed by atoms with Crippen molar-refractivity contribution < 1.29 is 4.79 Å². The van der Waals surface area contributed by atoms with Crippen molar-refractivity contribution in [1.82, 2.24) is 10.2 Å². The standard InChI is InChI=1S/C17H26N2O/c1-14(20)18-16-10-7-11-19(12-16)13-17(2,3)15-8-5-4-6-9-15/h4-6,8-9,16H,7,10-13H2,1-3H3,(H,18,20)/t16-/m0/s1. The second-order valence-electron chi connectivity index (χ2n) is 6.52. The fourth-order valence-electron chi connectivity index (χ4n) is 3.14. The van der Waals surface area contributed by atoms with Crippen LogP contribution in [0.4, 0.5) is 0 Å². The number of rotatable bonds is 4. The number of likely N-dealkylation sites (tertiary alicyclic amines) is 1. The van der Waals surface area contributed by atoms with Gasteiger partial charge in [-0.15, -0.1) is 0 Å². The van der Waals surface area contributed by atoms with E-state index in [2.05, 4.69) is 54.4 Å². The Balaban J connectivity index is 1.96. The van der Waals surface area contributed by atoms with Crippen LogP contribution in [-0.2, 0) is 10.2 Å². The number of hydrogen-bond acceptors (Lipinski definition) is 2. The lowest BCUT2D eigenvalue weighted by Gasteiger charge is -2.38. The molecule has 1 aliphatic heterocycles. The van der Waals surface area contributed by atoms with E-state index in [0.717, 1.165) is 32.5 Å². The molecule has 0 aliphatic carbocycles. The third-order valence-corrected chi connectivity index (χ3v) is 4.09. The molecule has 3 heteroatoms. The average Bonchev–Trinajstić information content (AvgIpc) is 2.39. The molecule has 1 aliphatic rings. The number of hydrogen-bond donors (Lipinski definition) is 1. The maximum atomic E-state index is 11.2. The van der Waals surface area contributed by atoms with Crippen molar-refractivity contribution in [3.63, 3.8) is 0 Å². The zero-order valence-corrected chi connectivity index (χ0v) is 12.9. The van der Waals surface area contributed by atoms with Gasteiger partial charge in [0.25, 0.3) is 0 Å². The van der Waals surface area contributed by atoms with Crippen LogP contribution >= 0.6 is 0 Å². The van der Waals surface area contributed by atoms with Gasteiger partial charge in [-0.3, -0.25) is 4.79 Å². The third-order valence-electron chi connectivity index (χ3n) is 4.09. The summed E-state index contributed by atoms with van der Waals surface area (Å²) in [6.45, 7) is 9.33. The zero-order chi connectivity index (χ0) is 14.6. The Morgan fingerprint density at radius 1 is 1.35 bits per heavy atom. The van der Waals surface area contributed by atoms with E-state index in [4.69, 9.17) is 0 Å². The molecule has 0 spiro atoms. The number of amides is 1. The topological polar surface area (TPSA) is 32.3 Å². The van der Waals surface area contributed by atoms with E-state index < -0.39 is 0 Å². The molecule has 2 rings (SSSR count). The molecular weight excluding hydrogens is 248 g/mol. The first kappa shape index (κ1) is 15.0. The summed E-state index contributed by atoms with van der Waals surface area (Å²) >= 11 is 0. The second kappa shape index (κ2) is 6.40. The largest absolute Gasteiger partial charge is 0.352 e. The minimum absolute atomic E-state index is 0.0826. The summed E-state index contributed by atoms with van der Waals surface area (Å²) < 4.78 is 0. The van der Waals surface area contributed by atoms with Crippen LogP contribution in [-0.4, -0.2) is 36.5 Å². The molecular formula is C17H26N2O. The van der Waals surface area contributed by atoms with E-state index >= 15 is 0 Å². The molecule has 0 radical (unpaired) electrons. The van der Waals surface area contributed by atoms with Gasteiger partial charge in [-0.25, -0.2) is 0 Å². The summed E-state index contributed by atoms with van der Waals surface area (Å²) in [6, 6.07) is 11.0. The SMILES string of the molecule is CC(=O)N[C@H]1CCCN(CC(C)(C)c2ccccc2)C1. The van der Waals surface area contributed by atoms with Gasteiger partial charge in [-0.05, 0) is 24.9 Å². The Morgan fingerprint density at radius 3 is 2.70 bits per heavy atom. The first-order valence-electron chi connectivity index (χ1n) is 7.52. The molecule has 1 aromatic carbocycles. The predicted octanol–water partition coefficient (Wildman–Crippen LogP) is 2.56. The van der Waals surface area contributed by atoms with Gasteiger partial charge >= 0.3 is 0 Å². The Morgan fingerprint density at radius 2 is 2.05 bits per heavy atom. The van der Waals surface area contributed by atoms with Gasteiger partial charge in [0.05, 0.1) is 0 Å². The fraction of sp³-hybridized carbons (Fsp3) is 0.588. The van der Waals surface area contributed by atoms with Gasteiger partial charge in [0, 0.05) is 31.5 Å². The van der Waals surface area contributed by atoms with Crippen LogP contribution in [0.25, 0.3) is 0 Å². The number of piperidine rings is 1. The first-order valence-corrected chi connectivity index (χ1v) is 7.52. The maximum absolute atomic E-state index is 11.2. The molecule has 0 saturated carbocycles. The third kappa shape index (κ3) is 4.07. The Kier molecular flexibility index (Phi) is 4.81. The summed E-state index contributed by atoms with van der Waals surface area (Å²) in [7, 11) is 0. The van der Waals surface area contributed by atoms with Crippen molar-refractivity contribution in [2.24, 2.45) is 0 Å². The molecule has 1 fully saturated rings. The van der Waals surface area contributed by atoms with E-state index in [1.807, 2.05) is 0 Å². The van der Waals surface area contributed by atoms with Crippen molar-refractivity contribution >= 4 is 5.91 Å². The highest BCUT2D eigenvalue weighted by Gasteiger charge is 2.27. The molecule has 0 aromatic heterocycles. The summed E-state index contributed by atoms with van der Waals surface area (Å²) in [6.07, 6.45) is 2.26. The van der Waals surface area contributed by atoms with Crippen molar-refractivity contribution in [1.29, 1.82) is 0 Å². The van der Waals surface area contributed by atoms with Gasteiger partial charge in [-0.2, -0.15) is 0 Å². The summed E-state index contributed by atoms with van der Waals surface area (Å²) in [5.74, 6) is 0.0826. The van der Waals surface area contributed by atoms with Crippen molar-refractivity contribution in [2.45, 2.75) is 45.1 Å².